The number of benzene rings is 2. The molecule has 0 fully saturated rings. The highest BCUT2D eigenvalue weighted by molar-refractivity contribution is 6.00. The Morgan fingerprint density at radius 1 is 1.05 bits per heavy atom. The number of urea groups is 1. The maximum Gasteiger partial charge on any atom is 0.324 e. The fourth-order valence-electron chi connectivity index (χ4n) is 4.66. The summed E-state index contributed by atoms with van der Waals surface area (Å²) in [6.07, 6.45) is 1.55. The molecule has 5 rings (SSSR count). The first-order valence-electron chi connectivity index (χ1n) is 13.9. The van der Waals surface area contributed by atoms with E-state index in [1.165, 1.54) is 45.6 Å². The molecule has 0 atom stereocenters. The third-order valence-corrected chi connectivity index (χ3v) is 7.12. The summed E-state index contributed by atoms with van der Waals surface area (Å²) in [5.41, 5.74) is 0.360. The summed E-state index contributed by atoms with van der Waals surface area (Å²) in [4.78, 5) is 35.6. The molecule has 4 N–H and O–H groups in total. The van der Waals surface area contributed by atoms with Gasteiger partial charge in [0.05, 0.1) is 29.2 Å². The highest BCUT2D eigenvalue weighted by Crippen LogP contribution is 2.28. The molecule has 0 saturated carbocycles. The molecule has 0 saturated heterocycles. The van der Waals surface area contributed by atoms with E-state index in [0.29, 0.717) is 39.7 Å². The van der Waals surface area contributed by atoms with Crippen molar-refractivity contribution in [3.05, 3.63) is 88.5 Å². The molecule has 0 aliphatic rings. The van der Waals surface area contributed by atoms with Gasteiger partial charge >= 0.3 is 6.03 Å². The number of rotatable bonds is 8. The first kappa shape index (κ1) is 30.3. The molecule has 0 unspecified atom stereocenters. The lowest BCUT2D eigenvalue weighted by atomic mass is 10.0. The summed E-state index contributed by atoms with van der Waals surface area (Å²) in [5.74, 6) is -0.517. The third kappa shape index (κ3) is 5.86. The van der Waals surface area contributed by atoms with Gasteiger partial charge in [-0.15, -0.1) is 0 Å². The molecule has 0 bridgehead atoms. The van der Waals surface area contributed by atoms with Crippen LogP contribution in [0.15, 0.2) is 65.6 Å². The van der Waals surface area contributed by atoms with Crippen molar-refractivity contribution < 1.29 is 18.7 Å². The molecule has 0 aliphatic heterocycles. The van der Waals surface area contributed by atoms with Crippen LogP contribution in [0.4, 0.5) is 31.0 Å². The monoisotopic (exact) mass is 602 g/mol. The molecule has 0 radical (unpaired) electrons. The number of fused-ring (bicyclic) bond motifs is 1. The van der Waals surface area contributed by atoms with E-state index < -0.39 is 28.8 Å². The molecule has 13 heteroatoms. The van der Waals surface area contributed by atoms with Gasteiger partial charge in [0.25, 0.3) is 5.56 Å². The van der Waals surface area contributed by atoms with E-state index >= 15 is 0 Å². The number of anilines is 3. The average Bonchev–Trinajstić information content (AvgIpc) is 3.41. The van der Waals surface area contributed by atoms with Crippen molar-refractivity contribution in [2.24, 2.45) is 0 Å². The number of carbonyl (C=O) groups is 1. The third-order valence-electron chi connectivity index (χ3n) is 7.12. The van der Waals surface area contributed by atoms with E-state index in [1.54, 1.807) is 39.2 Å². The van der Waals surface area contributed by atoms with Crippen LogP contribution in [0.3, 0.4) is 0 Å². The molecule has 228 valence electrons. The number of hydrogen-bond acceptors (Lipinski definition) is 7. The van der Waals surface area contributed by atoms with Gasteiger partial charge in [0.15, 0.2) is 0 Å². The van der Waals surface area contributed by atoms with Crippen LogP contribution in [0.5, 0.6) is 0 Å². The molecule has 2 aromatic carbocycles. The van der Waals surface area contributed by atoms with Gasteiger partial charge < -0.3 is 15.7 Å². The number of pyridine rings is 1. The molecule has 0 aliphatic carbocycles. The van der Waals surface area contributed by atoms with Crippen molar-refractivity contribution in [2.75, 3.05) is 29.6 Å². The summed E-state index contributed by atoms with van der Waals surface area (Å²) in [6.45, 7) is 6.92. The SMILES string of the molecule is CNc1ncc2cc(-c3ccc(F)c(NC(=O)Nc4cc(C(C)C)nn4-c4ccc(F)cc4)c3)c(=O)n(C(C)(C)CO)c2n1. The average molecular weight is 603 g/mol. The van der Waals surface area contributed by atoms with E-state index in [9.17, 15) is 23.5 Å². The van der Waals surface area contributed by atoms with Crippen LogP contribution >= 0.6 is 0 Å². The maximum atomic E-state index is 15.0. The number of aromatic nitrogens is 5. The van der Waals surface area contributed by atoms with Gasteiger partial charge in [-0.2, -0.15) is 10.1 Å². The number of amides is 2. The van der Waals surface area contributed by atoms with Gasteiger partial charge in [0.1, 0.15) is 23.1 Å². The minimum atomic E-state index is -1.03. The van der Waals surface area contributed by atoms with Crippen molar-refractivity contribution in [3.8, 4) is 16.8 Å². The molecule has 11 nitrogen and oxygen atoms in total. The second kappa shape index (κ2) is 11.8. The van der Waals surface area contributed by atoms with Crippen LogP contribution in [-0.4, -0.2) is 49.1 Å². The predicted octanol–water partition coefficient (Wildman–Crippen LogP) is 5.46. The van der Waals surface area contributed by atoms with Crippen molar-refractivity contribution in [1.82, 2.24) is 24.3 Å². The number of aliphatic hydroxyl groups excluding tert-OH is 1. The number of nitrogens with one attached hydrogen (secondary N) is 3. The molecule has 3 aromatic heterocycles. The van der Waals surface area contributed by atoms with Gasteiger partial charge in [-0.25, -0.2) is 23.2 Å². The summed E-state index contributed by atoms with van der Waals surface area (Å²) < 4.78 is 31.4. The van der Waals surface area contributed by atoms with Crippen LogP contribution in [0.25, 0.3) is 27.8 Å². The van der Waals surface area contributed by atoms with Crippen molar-refractivity contribution >= 4 is 34.5 Å². The first-order valence-corrected chi connectivity index (χ1v) is 13.9. The van der Waals surface area contributed by atoms with Crippen molar-refractivity contribution in [2.45, 2.75) is 39.2 Å². The van der Waals surface area contributed by atoms with Gasteiger partial charge in [0.2, 0.25) is 5.95 Å². The Balaban J connectivity index is 1.51. The molecule has 2 amide bonds. The van der Waals surface area contributed by atoms with Crippen LogP contribution in [0.1, 0.15) is 39.3 Å². The summed E-state index contributed by atoms with van der Waals surface area (Å²) in [5, 5.41) is 23.2. The topological polar surface area (TPSA) is 139 Å². The molecule has 3 heterocycles. The smallest absolute Gasteiger partial charge is 0.324 e. The second-order valence-electron chi connectivity index (χ2n) is 11.2. The van der Waals surface area contributed by atoms with E-state index in [4.69, 9.17) is 0 Å². The second-order valence-corrected chi connectivity index (χ2v) is 11.2. The number of halogens is 2. The van der Waals surface area contributed by atoms with E-state index in [0.717, 1.165) is 6.07 Å². The first-order chi connectivity index (χ1) is 20.9. The lowest BCUT2D eigenvalue weighted by molar-refractivity contribution is 0.164. The zero-order chi connectivity index (χ0) is 31.8. The van der Waals surface area contributed by atoms with E-state index in [2.05, 4.69) is 31.0 Å². The van der Waals surface area contributed by atoms with Gasteiger partial charge in [-0.3, -0.25) is 14.7 Å². The van der Waals surface area contributed by atoms with Gasteiger partial charge in [-0.1, -0.05) is 19.9 Å². The Morgan fingerprint density at radius 3 is 2.43 bits per heavy atom. The molecule has 5 aromatic rings. The zero-order valence-corrected chi connectivity index (χ0v) is 24.8. The van der Waals surface area contributed by atoms with Crippen molar-refractivity contribution in [3.63, 3.8) is 0 Å². The van der Waals surface area contributed by atoms with Gasteiger partial charge in [0, 0.05) is 30.3 Å². The minimum absolute atomic E-state index is 0.0338. The predicted molar refractivity (Wildman–Crippen MR) is 165 cm³/mol. The Labute approximate surface area is 251 Å². The minimum Gasteiger partial charge on any atom is -0.394 e. The van der Waals surface area contributed by atoms with Crippen LogP contribution in [0.2, 0.25) is 0 Å². The quantitative estimate of drug-likeness (QED) is 0.185. The van der Waals surface area contributed by atoms with Crippen molar-refractivity contribution in [1.29, 1.82) is 0 Å². The Kier molecular flexibility index (Phi) is 8.15. The Bertz CT molecular complexity index is 1920. The summed E-state index contributed by atoms with van der Waals surface area (Å²) in [6, 6.07) is 12.1. The molecule has 44 heavy (non-hydrogen) atoms. The highest BCUT2D eigenvalue weighted by atomic mass is 19.1. The number of aliphatic hydroxyl groups is 1. The highest BCUT2D eigenvalue weighted by Gasteiger charge is 2.26. The van der Waals surface area contributed by atoms with E-state index in [-0.39, 0.29) is 23.8 Å². The number of carbonyl (C=O) groups excluding carboxylic acids is 1. The Morgan fingerprint density at radius 2 is 1.77 bits per heavy atom. The Hall–Kier alpha value is -5.17. The fraction of sp³-hybridized carbons (Fsp3) is 0.258. The standard InChI is InChI=1S/C31H32F2N8O3/c1-17(2)24-14-26(41(39-24)21-9-7-20(32)8-10-21)37-30(44)36-25-13-18(6-11-23(25)33)22-12-19-15-35-29(34-5)38-27(19)40(28(22)43)31(3,4)16-42/h6-15,17,42H,16H2,1-5H3,(H,34,35,38)(H2,36,37,44). The van der Waals surface area contributed by atoms with E-state index in [1.807, 2.05) is 13.8 Å². The van der Waals surface area contributed by atoms with Crippen LogP contribution in [-0.2, 0) is 5.54 Å². The fourth-order valence-corrected chi connectivity index (χ4v) is 4.66. The lowest BCUT2D eigenvalue weighted by Crippen LogP contribution is -2.40. The molecule has 0 spiro atoms. The lowest BCUT2D eigenvalue weighted by Gasteiger charge is -2.27. The zero-order valence-electron chi connectivity index (χ0n) is 24.8. The van der Waals surface area contributed by atoms with Crippen LogP contribution < -0.4 is 21.5 Å². The summed E-state index contributed by atoms with van der Waals surface area (Å²) >= 11 is 0. The summed E-state index contributed by atoms with van der Waals surface area (Å²) in [7, 11) is 1.65. The van der Waals surface area contributed by atoms with Gasteiger partial charge in [-0.05, 0) is 67.8 Å². The largest absolute Gasteiger partial charge is 0.394 e. The van der Waals surface area contributed by atoms with Crippen LogP contribution in [0, 0.1) is 11.6 Å². The maximum absolute atomic E-state index is 15.0. The molecular weight excluding hydrogens is 570 g/mol. The normalized spacial score (nSPS) is 11.7. The molecular formula is C31H32F2N8O3. The number of hydrogen-bond donors (Lipinski definition) is 4. The number of nitrogens with zero attached hydrogens (tertiary/aromatic N) is 5.